The van der Waals surface area contributed by atoms with Crippen LogP contribution in [0.2, 0.25) is 10.0 Å². The summed E-state index contributed by atoms with van der Waals surface area (Å²) in [4.78, 5) is 21.9. The van der Waals surface area contributed by atoms with E-state index in [0.717, 1.165) is 11.1 Å². The Labute approximate surface area is 159 Å². The zero-order valence-corrected chi connectivity index (χ0v) is 15.5. The Morgan fingerprint density at radius 3 is 2.50 bits per heavy atom. The van der Waals surface area contributed by atoms with Crippen molar-refractivity contribution in [1.82, 2.24) is 5.43 Å². The van der Waals surface area contributed by atoms with Crippen molar-refractivity contribution in [3.05, 3.63) is 67.2 Å². The van der Waals surface area contributed by atoms with Gasteiger partial charge in [0.2, 0.25) is 0 Å². The van der Waals surface area contributed by atoms with Crippen LogP contribution in [0.1, 0.15) is 16.7 Å². The topological polar surface area (TPSA) is 93.8 Å². The summed E-state index contributed by atoms with van der Waals surface area (Å²) < 4.78 is 5.41. The van der Waals surface area contributed by atoms with Gasteiger partial charge >= 0.3 is 0 Å². The van der Waals surface area contributed by atoms with E-state index in [-0.39, 0.29) is 17.3 Å². The second kappa shape index (κ2) is 8.64. The van der Waals surface area contributed by atoms with E-state index in [1.807, 2.05) is 13.8 Å². The number of nitrogens with zero attached hydrogens (tertiary/aromatic N) is 2. The van der Waals surface area contributed by atoms with Crippen LogP contribution in [0.4, 0.5) is 5.69 Å². The molecule has 2 rings (SSSR count). The fraction of sp³-hybridized carbons (Fsp3) is 0.176. The van der Waals surface area contributed by atoms with Crippen molar-refractivity contribution in [2.45, 2.75) is 13.8 Å². The molecule has 2 aromatic rings. The summed E-state index contributed by atoms with van der Waals surface area (Å²) in [6.07, 6.45) is 1.32. The monoisotopic (exact) mass is 395 g/mol. The maximum Gasteiger partial charge on any atom is 0.287 e. The van der Waals surface area contributed by atoms with Crippen molar-refractivity contribution in [2.75, 3.05) is 6.61 Å². The molecule has 1 N–H and O–H groups in total. The normalized spacial score (nSPS) is 10.8. The third-order valence-corrected chi connectivity index (χ3v) is 4.25. The molecule has 7 nitrogen and oxygen atoms in total. The smallest absolute Gasteiger partial charge is 0.287 e. The first kappa shape index (κ1) is 19.7. The van der Waals surface area contributed by atoms with Crippen LogP contribution in [0.15, 0.2) is 35.4 Å². The number of aryl methyl sites for hydroxylation is 2. The lowest BCUT2D eigenvalue weighted by atomic mass is 10.1. The van der Waals surface area contributed by atoms with E-state index in [1.165, 1.54) is 24.4 Å². The molecule has 0 aliphatic carbocycles. The van der Waals surface area contributed by atoms with Gasteiger partial charge in [-0.15, -0.1) is 0 Å². The maximum atomic E-state index is 11.8. The fourth-order valence-corrected chi connectivity index (χ4v) is 2.47. The molecular weight excluding hydrogens is 381 g/mol. The first-order chi connectivity index (χ1) is 12.3. The van der Waals surface area contributed by atoms with Crippen molar-refractivity contribution in [3.63, 3.8) is 0 Å². The Morgan fingerprint density at radius 1 is 1.27 bits per heavy atom. The fourth-order valence-electron chi connectivity index (χ4n) is 2.10. The molecular formula is C17H15Cl2N3O4. The molecule has 0 saturated carbocycles. The Balaban J connectivity index is 1.90. The molecule has 9 heteroatoms. The van der Waals surface area contributed by atoms with Crippen LogP contribution >= 0.6 is 23.2 Å². The van der Waals surface area contributed by atoms with Crippen molar-refractivity contribution >= 4 is 41.0 Å². The minimum atomic E-state index is -0.581. The van der Waals surface area contributed by atoms with Gasteiger partial charge in [0.25, 0.3) is 11.6 Å². The Bertz CT molecular complexity index is 861. The molecule has 0 radical (unpaired) electrons. The van der Waals surface area contributed by atoms with Gasteiger partial charge < -0.3 is 4.74 Å². The Kier molecular flexibility index (Phi) is 6.54. The minimum Gasteiger partial charge on any atom is -0.484 e. The van der Waals surface area contributed by atoms with Gasteiger partial charge in [-0.1, -0.05) is 23.2 Å². The number of rotatable bonds is 6. The lowest BCUT2D eigenvalue weighted by molar-refractivity contribution is -0.384. The number of nitrogens with one attached hydrogen (secondary N) is 1. The Hall–Kier alpha value is -2.64. The van der Waals surface area contributed by atoms with E-state index in [4.69, 9.17) is 27.9 Å². The van der Waals surface area contributed by atoms with Crippen LogP contribution in [0.3, 0.4) is 0 Å². The number of hydrazone groups is 1. The van der Waals surface area contributed by atoms with Gasteiger partial charge in [0.05, 0.1) is 11.1 Å². The second-order valence-corrected chi connectivity index (χ2v) is 6.21. The van der Waals surface area contributed by atoms with Crippen LogP contribution in [-0.2, 0) is 4.79 Å². The molecule has 0 aliphatic rings. The van der Waals surface area contributed by atoms with Gasteiger partial charge in [-0.2, -0.15) is 5.10 Å². The molecule has 2 aromatic carbocycles. The molecule has 0 unspecified atom stereocenters. The highest BCUT2D eigenvalue weighted by Crippen LogP contribution is 2.26. The molecule has 0 bridgehead atoms. The van der Waals surface area contributed by atoms with Gasteiger partial charge in [0.1, 0.15) is 10.8 Å². The summed E-state index contributed by atoms with van der Waals surface area (Å²) in [5, 5.41) is 15.1. The van der Waals surface area contributed by atoms with Gasteiger partial charge in [0, 0.05) is 11.1 Å². The van der Waals surface area contributed by atoms with Crippen LogP contribution in [0.5, 0.6) is 5.75 Å². The largest absolute Gasteiger partial charge is 0.484 e. The molecule has 26 heavy (non-hydrogen) atoms. The van der Waals surface area contributed by atoms with E-state index >= 15 is 0 Å². The van der Waals surface area contributed by atoms with Gasteiger partial charge in [-0.25, -0.2) is 5.43 Å². The van der Waals surface area contributed by atoms with Gasteiger partial charge in [0.15, 0.2) is 6.61 Å². The van der Waals surface area contributed by atoms with Crippen molar-refractivity contribution < 1.29 is 14.5 Å². The summed E-state index contributed by atoms with van der Waals surface area (Å²) in [7, 11) is 0. The number of nitro groups is 1. The van der Waals surface area contributed by atoms with E-state index in [0.29, 0.717) is 16.3 Å². The third kappa shape index (κ3) is 5.18. The predicted molar refractivity (Wildman–Crippen MR) is 100 cm³/mol. The van der Waals surface area contributed by atoms with Crippen LogP contribution < -0.4 is 10.2 Å². The van der Waals surface area contributed by atoms with E-state index in [2.05, 4.69) is 10.5 Å². The highest BCUT2D eigenvalue weighted by molar-refractivity contribution is 6.33. The quantitative estimate of drug-likeness (QED) is 0.453. The molecule has 0 aliphatic heterocycles. The molecule has 0 saturated heterocycles. The van der Waals surface area contributed by atoms with Crippen molar-refractivity contribution in [2.24, 2.45) is 5.10 Å². The zero-order chi connectivity index (χ0) is 19.3. The van der Waals surface area contributed by atoms with E-state index in [1.54, 1.807) is 12.1 Å². The highest BCUT2D eigenvalue weighted by atomic mass is 35.5. The number of ether oxygens (including phenoxy) is 1. The summed E-state index contributed by atoms with van der Waals surface area (Å²) >= 11 is 11.9. The van der Waals surface area contributed by atoms with E-state index in [9.17, 15) is 14.9 Å². The number of carbonyl (C=O) groups is 1. The SMILES string of the molecule is Cc1cc(OCC(=O)N/N=C/c2ccc([N+](=O)[O-])c(Cl)c2)cc(C)c1Cl. The van der Waals surface area contributed by atoms with Crippen molar-refractivity contribution in [3.8, 4) is 5.75 Å². The minimum absolute atomic E-state index is 0.0120. The number of benzene rings is 2. The average molecular weight is 396 g/mol. The Morgan fingerprint density at radius 2 is 1.92 bits per heavy atom. The first-order valence-corrected chi connectivity index (χ1v) is 8.19. The average Bonchev–Trinajstić information content (AvgIpc) is 2.57. The molecule has 1 amide bonds. The van der Waals surface area contributed by atoms with Crippen molar-refractivity contribution in [1.29, 1.82) is 0 Å². The number of halogens is 2. The molecule has 136 valence electrons. The number of carbonyl (C=O) groups excluding carboxylic acids is 1. The second-order valence-electron chi connectivity index (χ2n) is 5.42. The molecule has 0 spiro atoms. The third-order valence-electron chi connectivity index (χ3n) is 3.35. The van der Waals surface area contributed by atoms with Crippen LogP contribution in [0, 0.1) is 24.0 Å². The first-order valence-electron chi connectivity index (χ1n) is 7.43. The molecule has 0 aromatic heterocycles. The van der Waals surface area contributed by atoms with E-state index < -0.39 is 10.8 Å². The lowest BCUT2D eigenvalue weighted by Gasteiger charge is -2.09. The number of hydrogen-bond acceptors (Lipinski definition) is 5. The zero-order valence-electron chi connectivity index (χ0n) is 14.0. The molecule has 0 fully saturated rings. The number of nitro benzene ring substituents is 1. The molecule has 0 heterocycles. The summed E-state index contributed by atoms with van der Waals surface area (Å²) in [5.74, 6) is 0.0743. The maximum absolute atomic E-state index is 11.8. The summed E-state index contributed by atoms with van der Waals surface area (Å²) in [5.41, 5.74) is 4.32. The summed E-state index contributed by atoms with van der Waals surface area (Å²) in [6.45, 7) is 3.47. The van der Waals surface area contributed by atoms with Crippen LogP contribution in [0.25, 0.3) is 0 Å². The highest BCUT2D eigenvalue weighted by Gasteiger charge is 2.11. The van der Waals surface area contributed by atoms with Crippen LogP contribution in [-0.4, -0.2) is 23.7 Å². The summed E-state index contributed by atoms with van der Waals surface area (Å²) in [6, 6.07) is 7.59. The predicted octanol–water partition coefficient (Wildman–Crippen LogP) is 4.05. The number of hydrogen-bond donors (Lipinski definition) is 1. The lowest BCUT2D eigenvalue weighted by Crippen LogP contribution is -2.24. The standard InChI is InChI=1S/C17H15Cl2N3O4/c1-10-5-13(6-11(2)17(10)19)26-9-16(23)21-20-8-12-3-4-15(22(24)25)14(18)7-12/h3-8H,9H2,1-2H3,(H,21,23)/b20-8+. The number of amides is 1. The van der Waals surface area contributed by atoms with Gasteiger partial charge in [-0.05, 0) is 54.8 Å². The molecule has 0 atom stereocenters. The van der Waals surface area contributed by atoms with Gasteiger partial charge in [-0.3, -0.25) is 14.9 Å².